The first kappa shape index (κ1) is 11.0. The molecule has 3 fully saturated rings. The van der Waals surface area contributed by atoms with Gasteiger partial charge in [0.2, 0.25) is 6.41 Å². The van der Waals surface area contributed by atoms with Crippen LogP contribution in [0.2, 0.25) is 0 Å². The van der Waals surface area contributed by atoms with Crippen LogP contribution in [0.1, 0.15) is 19.3 Å². The number of carbonyl (C=O) groups excluding carboxylic acids is 1. The SMILES string of the molecule is O=CN1CCN(C2/C(=N\O)C3CCC2C3)CC1. The third-order valence-electron chi connectivity index (χ3n) is 4.65. The van der Waals surface area contributed by atoms with Gasteiger partial charge in [0.25, 0.3) is 0 Å². The zero-order valence-corrected chi connectivity index (χ0v) is 9.96. The topological polar surface area (TPSA) is 56.1 Å². The van der Waals surface area contributed by atoms with Gasteiger partial charge in [0.05, 0.1) is 11.8 Å². The number of fused-ring (bicyclic) bond motifs is 2. The van der Waals surface area contributed by atoms with Crippen LogP contribution in [-0.2, 0) is 4.79 Å². The second-order valence-corrected chi connectivity index (χ2v) is 5.42. The summed E-state index contributed by atoms with van der Waals surface area (Å²) >= 11 is 0. The van der Waals surface area contributed by atoms with Crippen molar-refractivity contribution >= 4 is 12.1 Å². The Morgan fingerprint density at radius 1 is 1.24 bits per heavy atom. The Bertz CT molecular complexity index is 337. The number of hydrogen-bond donors (Lipinski definition) is 1. The molecule has 1 aliphatic heterocycles. The predicted octanol–water partition coefficient (Wildman–Crippen LogP) is 0.389. The minimum atomic E-state index is 0.340. The molecule has 1 amide bonds. The lowest BCUT2D eigenvalue weighted by molar-refractivity contribution is -0.119. The molecule has 2 aliphatic carbocycles. The van der Waals surface area contributed by atoms with Crippen molar-refractivity contribution in [1.29, 1.82) is 0 Å². The first-order valence-electron chi connectivity index (χ1n) is 6.48. The predicted molar refractivity (Wildman–Crippen MR) is 63.1 cm³/mol. The Morgan fingerprint density at radius 3 is 2.65 bits per heavy atom. The molecule has 0 aromatic heterocycles. The second-order valence-electron chi connectivity index (χ2n) is 5.42. The van der Waals surface area contributed by atoms with Gasteiger partial charge >= 0.3 is 0 Å². The van der Waals surface area contributed by atoms with E-state index in [1.54, 1.807) is 0 Å². The van der Waals surface area contributed by atoms with E-state index in [-0.39, 0.29) is 0 Å². The van der Waals surface area contributed by atoms with E-state index in [4.69, 9.17) is 0 Å². The molecule has 0 aromatic rings. The van der Waals surface area contributed by atoms with Crippen LogP contribution < -0.4 is 0 Å². The quantitative estimate of drug-likeness (QED) is 0.429. The molecule has 1 heterocycles. The second kappa shape index (κ2) is 4.29. The van der Waals surface area contributed by atoms with Gasteiger partial charge in [0.1, 0.15) is 0 Å². The van der Waals surface area contributed by atoms with E-state index in [0.717, 1.165) is 38.3 Å². The average Bonchev–Trinajstić information content (AvgIpc) is 2.98. The van der Waals surface area contributed by atoms with Gasteiger partial charge in [-0.15, -0.1) is 0 Å². The van der Waals surface area contributed by atoms with Gasteiger partial charge in [-0.05, 0) is 25.2 Å². The van der Waals surface area contributed by atoms with Gasteiger partial charge < -0.3 is 10.1 Å². The van der Waals surface area contributed by atoms with Crippen LogP contribution in [0.4, 0.5) is 0 Å². The summed E-state index contributed by atoms with van der Waals surface area (Å²) < 4.78 is 0. The average molecular weight is 237 g/mol. The summed E-state index contributed by atoms with van der Waals surface area (Å²) in [5.74, 6) is 1.19. The van der Waals surface area contributed by atoms with Crippen LogP contribution in [0.3, 0.4) is 0 Å². The molecule has 3 unspecified atom stereocenters. The van der Waals surface area contributed by atoms with Crippen molar-refractivity contribution in [2.45, 2.75) is 25.3 Å². The maximum absolute atomic E-state index is 10.7. The monoisotopic (exact) mass is 237 g/mol. The number of oxime groups is 1. The highest BCUT2D eigenvalue weighted by molar-refractivity contribution is 5.94. The van der Waals surface area contributed by atoms with E-state index in [9.17, 15) is 10.0 Å². The number of piperazine rings is 1. The molecule has 1 N–H and O–H groups in total. The number of hydrogen-bond acceptors (Lipinski definition) is 4. The lowest BCUT2D eigenvalue weighted by Gasteiger charge is -2.39. The molecule has 0 spiro atoms. The fraction of sp³-hybridized carbons (Fsp3) is 0.833. The molecule has 5 nitrogen and oxygen atoms in total. The first-order chi connectivity index (χ1) is 8.33. The normalized spacial score (nSPS) is 40.1. The smallest absolute Gasteiger partial charge is 0.209 e. The molecule has 2 saturated carbocycles. The van der Waals surface area contributed by atoms with Gasteiger partial charge in [0, 0.05) is 32.1 Å². The van der Waals surface area contributed by atoms with E-state index in [2.05, 4.69) is 10.1 Å². The van der Waals surface area contributed by atoms with Crippen LogP contribution in [-0.4, -0.2) is 59.3 Å². The minimum absolute atomic E-state index is 0.340. The summed E-state index contributed by atoms with van der Waals surface area (Å²) in [6.07, 6.45) is 4.58. The molecule has 17 heavy (non-hydrogen) atoms. The van der Waals surface area contributed by atoms with E-state index >= 15 is 0 Å². The van der Waals surface area contributed by atoms with Crippen LogP contribution in [0, 0.1) is 11.8 Å². The highest BCUT2D eigenvalue weighted by Gasteiger charge is 2.48. The third kappa shape index (κ3) is 1.73. The molecular weight excluding hydrogens is 218 g/mol. The van der Waals surface area contributed by atoms with Gasteiger partial charge in [-0.3, -0.25) is 9.69 Å². The van der Waals surface area contributed by atoms with Gasteiger partial charge in [-0.2, -0.15) is 0 Å². The van der Waals surface area contributed by atoms with Crippen molar-refractivity contribution < 1.29 is 10.0 Å². The molecule has 0 aromatic carbocycles. The van der Waals surface area contributed by atoms with E-state index in [1.807, 2.05) is 4.90 Å². The Balaban J connectivity index is 1.70. The van der Waals surface area contributed by atoms with Crippen molar-refractivity contribution in [3.05, 3.63) is 0 Å². The zero-order valence-electron chi connectivity index (χ0n) is 9.96. The molecule has 3 atom stereocenters. The fourth-order valence-corrected chi connectivity index (χ4v) is 3.80. The van der Waals surface area contributed by atoms with Gasteiger partial charge in [-0.25, -0.2) is 0 Å². The van der Waals surface area contributed by atoms with Crippen molar-refractivity contribution in [2.24, 2.45) is 17.0 Å². The molecule has 0 radical (unpaired) electrons. The fourth-order valence-electron chi connectivity index (χ4n) is 3.80. The largest absolute Gasteiger partial charge is 0.411 e. The first-order valence-corrected chi connectivity index (χ1v) is 6.48. The third-order valence-corrected chi connectivity index (χ3v) is 4.65. The van der Waals surface area contributed by atoms with Crippen molar-refractivity contribution in [3.63, 3.8) is 0 Å². The molecule has 2 bridgehead atoms. The van der Waals surface area contributed by atoms with E-state index < -0.39 is 0 Å². The van der Waals surface area contributed by atoms with Crippen LogP contribution in [0.15, 0.2) is 5.16 Å². The highest BCUT2D eigenvalue weighted by atomic mass is 16.4. The summed E-state index contributed by atoms with van der Waals surface area (Å²) in [6.45, 7) is 3.42. The lowest BCUT2D eigenvalue weighted by Crippen LogP contribution is -2.54. The summed E-state index contributed by atoms with van der Waals surface area (Å²) in [7, 11) is 0. The Hall–Kier alpha value is -1.10. The van der Waals surface area contributed by atoms with Gasteiger partial charge in [-0.1, -0.05) is 5.16 Å². The number of rotatable bonds is 2. The molecular formula is C12H19N3O2. The minimum Gasteiger partial charge on any atom is -0.411 e. The van der Waals surface area contributed by atoms with Crippen LogP contribution in [0.5, 0.6) is 0 Å². The Morgan fingerprint density at radius 2 is 2.00 bits per heavy atom. The highest BCUT2D eigenvalue weighted by Crippen LogP contribution is 2.45. The summed E-state index contributed by atoms with van der Waals surface area (Å²) in [4.78, 5) is 14.9. The Kier molecular flexibility index (Phi) is 2.78. The number of carbonyl (C=O) groups is 1. The molecule has 3 rings (SSSR count). The maximum Gasteiger partial charge on any atom is 0.209 e. The van der Waals surface area contributed by atoms with Crippen molar-refractivity contribution in [1.82, 2.24) is 9.80 Å². The van der Waals surface area contributed by atoms with Crippen molar-refractivity contribution in [3.8, 4) is 0 Å². The molecule has 94 valence electrons. The number of nitrogens with zero attached hydrogens (tertiary/aromatic N) is 3. The van der Waals surface area contributed by atoms with Crippen LogP contribution >= 0.6 is 0 Å². The number of amides is 1. The maximum atomic E-state index is 10.7. The van der Waals surface area contributed by atoms with E-state index in [0.29, 0.717) is 17.9 Å². The standard InChI is InChI=1S/C12H19N3O2/c16-8-14-3-5-15(6-4-14)12-10-2-1-9(7-10)11(12)13-17/h8-10,12,17H,1-7H2/b13-11-. The molecule has 5 heteroatoms. The molecule has 1 saturated heterocycles. The van der Waals surface area contributed by atoms with Crippen LogP contribution in [0.25, 0.3) is 0 Å². The molecule has 3 aliphatic rings. The van der Waals surface area contributed by atoms with E-state index in [1.165, 1.54) is 19.3 Å². The summed E-state index contributed by atoms with van der Waals surface area (Å²) in [5, 5.41) is 12.7. The van der Waals surface area contributed by atoms with Gasteiger partial charge in [0.15, 0.2) is 0 Å². The van der Waals surface area contributed by atoms with Crippen molar-refractivity contribution in [2.75, 3.05) is 26.2 Å². The Labute approximate surface area is 101 Å². The summed E-state index contributed by atoms with van der Waals surface area (Å²) in [5.41, 5.74) is 1.00. The zero-order chi connectivity index (χ0) is 11.8. The summed E-state index contributed by atoms with van der Waals surface area (Å²) in [6, 6.07) is 0.340. The lowest BCUT2D eigenvalue weighted by atomic mass is 9.91.